The fourth-order valence-corrected chi connectivity index (χ4v) is 4.39. The normalized spacial score (nSPS) is 11.8. The molecule has 0 amide bonds. The average Bonchev–Trinajstić information content (AvgIpc) is 2.84. The molecule has 0 spiro atoms. The van der Waals surface area contributed by atoms with Gasteiger partial charge in [0.25, 0.3) is 0 Å². The van der Waals surface area contributed by atoms with E-state index >= 15 is 0 Å². The van der Waals surface area contributed by atoms with E-state index in [-0.39, 0.29) is 12.4 Å². The van der Waals surface area contributed by atoms with Crippen molar-refractivity contribution < 1.29 is 23.8 Å². The standard InChI is InChI=1S/C29H48O5/c1-6-8-9-10-11-12-13-14-15-16-17-18-19-20-25(29(31)34-7-2)28(30)24-21-26(32-4)23(3)27(22-24)33-5/h21-22,25H,6-20H2,1-5H3. The van der Waals surface area contributed by atoms with Crippen molar-refractivity contribution in [2.75, 3.05) is 20.8 Å². The molecule has 0 fully saturated rings. The van der Waals surface area contributed by atoms with E-state index in [9.17, 15) is 9.59 Å². The molecule has 194 valence electrons. The number of ketones is 1. The summed E-state index contributed by atoms with van der Waals surface area (Å²) >= 11 is 0. The maximum atomic E-state index is 13.2. The zero-order valence-electron chi connectivity index (χ0n) is 22.4. The number of carbonyl (C=O) groups excluding carboxylic acids is 2. The number of hydrogen-bond donors (Lipinski definition) is 0. The van der Waals surface area contributed by atoms with Crippen molar-refractivity contribution in [1.82, 2.24) is 0 Å². The molecule has 1 aromatic carbocycles. The highest BCUT2D eigenvalue weighted by Crippen LogP contribution is 2.31. The quantitative estimate of drug-likeness (QED) is 0.0829. The molecular formula is C29H48O5. The molecule has 0 aliphatic carbocycles. The Kier molecular flexibility index (Phi) is 16.1. The van der Waals surface area contributed by atoms with Crippen molar-refractivity contribution in [1.29, 1.82) is 0 Å². The van der Waals surface area contributed by atoms with E-state index in [1.54, 1.807) is 33.3 Å². The van der Waals surface area contributed by atoms with Gasteiger partial charge in [-0.25, -0.2) is 0 Å². The summed E-state index contributed by atoms with van der Waals surface area (Å²) in [5, 5.41) is 0. The van der Waals surface area contributed by atoms with Crippen molar-refractivity contribution in [3.63, 3.8) is 0 Å². The van der Waals surface area contributed by atoms with Crippen LogP contribution in [0.25, 0.3) is 0 Å². The second-order valence-electron chi connectivity index (χ2n) is 9.21. The van der Waals surface area contributed by atoms with Gasteiger partial charge in [-0.3, -0.25) is 9.59 Å². The van der Waals surface area contributed by atoms with Crippen molar-refractivity contribution in [2.45, 2.75) is 111 Å². The third-order valence-electron chi connectivity index (χ3n) is 6.52. The van der Waals surface area contributed by atoms with Gasteiger partial charge in [0, 0.05) is 11.1 Å². The number of carbonyl (C=O) groups is 2. The fourth-order valence-electron chi connectivity index (χ4n) is 4.39. The van der Waals surface area contributed by atoms with Gasteiger partial charge in [-0.05, 0) is 32.4 Å². The monoisotopic (exact) mass is 476 g/mol. The zero-order chi connectivity index (χ0) is 25.2. The molecule has 0 saturated heterocycles. The number of unbranched alkanes of at least 4 members (excludes halogenated alkanes) is 12. The molecule has 5 nitrogen and oxygen atoms in total. The van der Waals surface area contributed by atoms with Crippen molar-refractivity contribution in [3.05, 3.63) is 23.3 Å². The van der Waals surface area contributed by atoms with Crippen LogP contribution in [-0.2, 0) is 9.53 Å². The topological polar surface area (TPSA) is 61.8 Å². The molecule has 1 unspecified atom stereocenters. The van der Waals surface area contributed by atoms with Crippen LogP contribution < -0.4 is 9.47 Å². The van der Waals surface area contributed by atoms with E-state index < -0.39 is 11.9 Å². The van der Waals surface area contributed by atoms with Crippen LogP contribution in [0.4, 0.5) is 0 Å². The summed E-state index contributed by atoms with van der Waals surface area (Å²) < 4.78 is 16.0. The van der Waals surface area contributed by atoms with E-state index in [0.717, 1.165) is 24.8 Å². The molecule has 5 heteroatoms. The Bertz CT molecular complexity index is 687. The van der Waals surface area contributed by atoms with Crippen molar-refractivity contribution in [3.8, 4) is 11.5 Å². The van der Waals surface area contributed by atoms with Crippen LogP contribution >= 0.6 is 0 Å². The van der Waals surface area contributed by atoms with E-state index in [0.29, 0.717) is 23.5 Å². The maximum Gasteiger partial charge on any atom is 0.316 e. The van der Waals surface area contributed by atoms with E-state index in [4.69, 9.17) is 14.2 Å². The second kappa shape index (κ2) is 18.3. The highest BCUT2D eigenvalue weighted by Gasteiger charge is 2.29. The Labute approximate surface area is 207 Å². The van der Waals surface area contributed by atoms with Gasteiger partial charge in [-0.1, -0.05) is 90.4 Å². The molecule has 0 bridgehead atoms. The number of ether oxygens (including phenoxy) is 3. The molecule has 1 aromatic rings. The first-order valence-corrected chi connectivity index (χ1v) is 13.4. The first-order chi connectivity index (χ1) is 16.5. The molecule has 1 atom stereocenters. The van der Waals surface area contributed by atoms with Crippen LogP contribution in [0.2, 0.25) is 0 Å². The zero-order valence-corrected chi connectivity index (χ0v) is 22.4. The van der Waals surface area contributed by atoms with Crippen LogP contribution in [0, 0.1) is 12.8 Å². The molecule has 34 heavy (non-hydrogen) atoms. The molecular weight excluding hydrogens is 428 g/mol. The lowest BCUT2D eigenvalue weighted by molar-refractivity contribution is -0.146. The first kappa shape index (κ1) is 30.0. The first-order valence-electron chi connectivity index (χ1n) is 13.4. The van der Waals surface area contributed by atoms with E-state index in [2.05, 4.69) is 6.92 Å². The number of esters is 1. The van der Waals surface area contributed by atoms with Crippen LogP contribution in [0.3, 0.4) is 0 Å². The van der Waals surface area contributed by atoms with Gasteiger partial charge >= 0.3 is 5.97 Å². The molecule has 0 heterocycles. The van der Waals surface area contributed by atoms with Gasteiger partial charge in [-0.15, -0.1) is 0 Å². The summed E-state index contributed by atoms with van der Waals surface area (Å²) in [7, 11) is 3.12. The van der Waals surface area contributed by atoms with E-state index in [1.807, 2.05) is 6.92 Å². The van der Waals surface area contributed by atoms with Gasteiger partial charge < -0.3 is 14.2 Å². The lowest BCUT2D eigenvalue weighted by atomic mass is 9.91. The SMILES string of the molecule is CCCCCCCCCCCCCCCC(C(=O)OCC)C(=O)c1cc(OC)c(C)c(OC)c1. The highest BCUT2D eigenvalue weighted by atomic mass is 16.5. The summed E-state index contributed by atoms with van der Waals surface area (Å²) in [4.78, 5) is 25.8. The van der Waals surface area contributed by atoms with Gasteiger partial charge in [0.1, 0.15) is 17.4 Å². The third-order valence-corrected chi connectivity index (χ3v) is 6.52. The fraction of sp³-hybridized carbons (Fsp3) is 0.724. The molecule has 0 aliphatic rings. The number of rotatable bonds is 20. The minimum Gasteiger partial charge on any atom is -0.496 e. The van der Waals surface area contributed by atoms with Gasteiger partial charge in [0.15, 0.2) is 5.78 Å². The Morgan fingerprint density at radius 1 is 0.735 bits per heavy atom. The predicted molar refractivity (Wildman–Crippen MR) is 139 cm³/mol. The summed E-state index contributed by atoms with van der Waals surface area (Å²) in [6, 6.07) is 3.38. The lowest BCUT2D eigenvalue weighted by Crippen LogP contribution is -2.26. The Morgan fingerprint density at radius 3 is 1.59 bits per heavy atom. The van der Waals surface area contributed by atoms with Crippen LogP contribution in [0.5, 0.6) is 11.5 Å². The average molecular weight is 477 g/mol. The van der Waals surface area contributed by atoms with Gasteiger partial charge in [0.2, 0.25) is 0 Å². The summed E-state index contributed by atoms with van der Waals surface area (Å²) in [6.07, 6.45) is 16.9. The van der Waals surface area contributed by atoms with Gasteiger partial charge in [-0.2, -0.15) is 0 Å². The Morgan fingerprint density at radius 2 is 1.18 bits per heavy atom. The summed E-state index contributed by atoms with van der Waals surface area (Å²) in [5.74, 6) is -0.304. The molecule has 1 rings (SSSR count). The van der Waals surface area contributed by atoms with Crippen LogP contribution in [0.15, 0.2) is 12.1 Å². The second-order valence-corrected chi connectivity index (χ2v) is 9.21. The minimum atomic E-state index is -0.787. The predicted octanol–water partition coefficient (Wildman–Crippen LogP) is 7.86. The van der Waals surface area contributed by atoms with Crippen LogP contribution in [-0.4, -0.2) is 32.6 Å². The molecule has 0 saturated carbocycles. The Balaban J connectivity index is 2.47. The number of methoxy groups -OCH3 is 2. The molecule has 0 aliphatic heterocycles. The van der Waals surface area contributed by atoms with E-state index in [1.165, 1.54) is 64.2 Å². The molecule has 0 N–H and O–H groups in total. The lowest BCUT2D eigenvalue weighted by Gasteiger charge is -2.17. The smallest absolute Gasteiger partial charge is 0.316 e. The molecule has 0 aromatic heterocycles. The number of benzene rings is 1. The van der Waals surface area contributed by atoms with Crippen molar-refractivity contribution in [2.24, 2.45) is 5.92 Å². The molecule has 0 radical (unpaired) electrons. The van der Waals surface area contributed by atoms with Crippen molar-refractivity contribution >= 4 is 11.8 Å². The maximum absolute atomic E-state index is 13.2. The number of hydrogen-bond acceptors (Lipinski definition) is 5. The minimum absolute atomic E-state index is 0.228. The summed E-state index contributed by atoms with van der Waals surface area (Å²) in [5.41, 5.74) is 1.25. The summed E-state index contributed by atoms with van der Waals surface area (Å²) in [6.45, 7) is 6.17. The largest absolute Gasteiger partial charge is 0.496 e. The number of Topliss-reactive ketones (excluding diaryl/α,β-unsaturated/α-hetero) is 1. The Hall–Kier alpha value is -2.04. The van der Waals surface area contributed by atoms with Gasteiger partial charge in [0.05, 0.1) is 20.8 Å². The third kappa shape index (κ3) is 10.9. The van der Waals surface area contributed by atoms with Crippen LogP contribution in [0.1, 0.15) is 120 Å². The highest BCUT2D eigenvalue weighted by molar-refractivity contribution is 6.09.